The zero-order chi connectivity index (χ0) is 20.9. The van der Waals surface area contributed by atoms with Crippen molar-refractivity contribution in [2.24, 2.45) is 0 Å². The Balaban J connectivity index is 1.78. The second-order valence-electron chi connectivity index (χ2n) is 6.96. The summed E-state index contributed by atoms with van der Waals surface area (Å²) in [5.41, 5.74) is 3.88. The van der Waals surface area contributed by atoms with Crippen molar-refractivity contribution in [1.82, 2.24) is 10.3 Å². The molecule has 0 spiro atoms. The van der Waals surface area contributed by atoms with E-state index in [1.165, 1.54) is 10.6 Å². The lowest BCUT2D eigenvalue weighted by Crippen LogP contribution is -2.32. The maximum absolute atomic E-state index is 12.9. The van der Waals surface area contributed by atoms with E-state index in [0.29, 0.717) is 5.56 Å². The Bertz CT molecular complexity index is 1080. The van der Waals surface area contributed by atoms with Gasteiger partial charge in [-0.25, -0.2) is 0 Å². The molecule has 0 aromatic heterocycles. The van der Waals surface area contributed by atoms with Gasteiger partial charge in [0.05, 0.1) is 14.1 Å². The molecule has 3 aromatic rings. The van der Waals surface area contributed by atoms with Crippen LogP contribution in [0.4, 0.5) is 0 Å². The summed E-state index contributed by atoms with van der Waals surface area (Å²) < 4.78 is 26.8. The molecule has 0 radical (unpaired) electrons. The Morgan fingerprint density at radius 1 is 0.828 bits per heavy atom. The first-order chi connectivity index (χ1) is 13.9. The molecule has 3 rings (SSSR count). The smallest absolute Gasteiger partial charge is 0.309 e. The highest BCUT2D eigenvalue weighted by atomic mass is 32.2. The lowest BCUT2D eigenvalue weighted by molar-refractivity contribution is -0.540. The molecule has 0 saturated heterocycles. The molecule has 1 N–H and O–H groups in total. The summed E-state index contributed by atoms with van der Waals surface area (Å²) in [7, 11) is -0.450. The second kappa shape index (κ2) is 9.03. The van der Waals surface area contributed by atoms with Gasteiger partial charge in [-0.1, -0.05) is 72.8 Å². The summed E-state index contributed by atoms with van der Waals surface area (Å²) in [6.07, 6.45) is 0. The van der Waals surface area contributed by atoms with E-state index in [-0.39, 0.29) is 4.90 Å². The van der Waals surface area contributed by atoms with Crippen LogP contribution in [0.15, 0.2) is 83.8 Å². The molecule has 0 aliphatic carbocycles. The van der Waals surface area contributed by atoms with E-state index in [2.05, 4.69) is 24.2 Å². The highest BCUT2D eigenvalue weighted by Crippen LogP contribution is 2.28. The minimum atomic E-state index is -3.74. The highest BCUT2D eigenvalue weighted by molar-refractivity contribution is 7.85. The molecule has 150 valence electrons. The van der Waals surface area contributed by atoms with Crippen LogP contribution in [-0.4, -0.2) is 38.3 Å². The summed E-state index contributed by atoms with van der Waals surface area (Å²) >= 11 is 0. The molecule has 0 aliphatic rings. The van der Waals surface area contributed by atoms with Gasteiger partial charge in [-0.15, -0.1) is 0 Å². The molecule has 0 saturated carbocycles. The number of sulfonamides is 1. The largest absolute Gasteiger partial charge is 0.420 e. The predicted octanol–water partition coefficient (Wildman–Crippen LogP) is 3.52. The minimum absolute atomic E-state index is 0.235. The molecule has 0 fully saturated rings. The predicted molar refractivity (Wildman–Crippen MR) is 117 cm³/mol. The van der Waals surface area contributed by atoms with Crippen LogP contribution in [0.5, 0.6) is 0 Å². The molecule has 0 aliphatic heterocycles. The second-order valence-corrected chi connectivity index (χ2v) is 8.77. The van der Waals surface area contributed by atoms with Gasteiger partial charge in [0.25, 0.3) is 0 Å². The average molecular weight is 409 g/mol. The fourth-order valence-electron chi connectivity index (χ4n) is 3.01. The van der Waals surface area contributed by atoms with Crippen molar-refractivity contribution in [3.8, 4) is 11.1 Å². The van der Waals surface area contributed by atoms with Crippen LogP contribution in [0.1, 0.15) is 11.1 Å². The van der Waals surface area contributed by atoms with Gasteiger partial charge in [-0.3, -0.25) is 0 Å². The van der Waals surface area contributed by atoms with E-state index in [0.717, 1.165) is 28.3 Å². The van der Waals surface area contributed by atoms with Crippen molar-refractivity contribution in [2.75, 3.05) is 14.1 Å². The molecule has 5 nitrogen and oxygen atoms in total. The summed E-state index contributed by atoms with van der Waals surface area (Å²) in [4.78, 5) is 0.235. The number of hydrazine groups is 1. The SMILES string of the molecule is C=[N+](N(C)C)S(=O)(=O)c1ccccc1-c1ccc(CNCc2ccccc2)cc1. The quantitative estimate of drug-likeness (QED) is 0.352. The molecule has 3 aromatic carbocycles. The van der Waals surface area contributed by atoms with Gasteiger partial charge in [0, 0.05) is 18.7 Å². The van der Waals surface area contributed by atoms with Crippen molar-refractivity contribution in [1.29, 1.82) is 0 Å². The standard InChI is InChI=1S/C23H26N3O2S/c1-25(2)26(3)29(27,28)23-12-8-7-11-22(23)21-15-13-20(14-16-21)18-24-17-19-9-5-4-6-10-19/h4-16,24H,3,17-18H2,1-2H3/q+1. The van der Waals surface area contributed by atoms with Crippen LogP contribution < -0.4 is 5.32 Å². The lowest BCUT2D eigenvalue weighted by Gasteiger charge is -2.12. The van der Waals surface area contributed by atoms with E-state index >= 15 is 0 Å². The fraction of sp³-hybridized carbons (Fsp3) is 0.174. The molecule has 29 heavy (non-hydrogen) atoms. The van der Waals surface area contributed by atoms with E-state index in [9.17, 15) is 8.42 Å². The number of hydrogen-bond acceptors (Lipinski definition) is 4. The Kier molecular flexibility index (Phi) is 6.46. The Labute approximate surface area is 173 Å². The van der Waals surface area contributed by atoms with Gasteiger partial charge in [-0.2, -0.15) is 13.4 Å². The molecule has 0 atom stereocenters. The van der Waals surface area contributed by atoms with Gasteiger partial charge < -0.3 is 5.32 Å². The van der Waals surface area contributed by atoms with Crippen molar-refractivity contribution in [2.45, 2.75) is 18.0 Å². The van der Waals surface area contributed by atoms with Crippen LogP contribution in [0.25, 0.3) is 11.1 Å². The van der Waals surface area contributed by atoms with Gasteiger partial charge in [0.2, 0.25) is 0 Å². The number of rotatable bonds is 8. The Hall–Kier alpha value is -2.96. The lowest BCUT2D eigenvalue weighted by atomic mass is 10.0. The van der Waals surface area contributed by atoms with Crippen molar-refractivity contribution in [3.05, 3.63) is 90.0 Å². The number of hydrogen-bond donors (Lipinski definition) is 1. The van der Waals surface area contributed by atoms with Crippen LogP contribution in [0.3, 0.4) is 0 Å². The van der Waals surface area contributed by atoms with Crippen LogP contribution >= 0.6 is 0 Å². The third-order valence-electron chi connectivity index (χ3n) is 4.65. The fourth-order valence-corrected chi connectivity index (χ4v) is 4.38. The Morgan fingerprint density at radius 2 is 1.38 bits per heavy atom. The normalized spacial score (nSPS) is 11.2. The average Bonchev–Trinajstić information content (AvgIpc) is 2.74. The van der Waals surface area contributed by atoms with Gasteiger partial charge >= 0.3 is 10.0 Å². The Morgan fingerprint density at radius 3 is 2.00 bits per heavy atom. The minimum Gasteiger partial charge on any atom is -0.309 e. The molecule has 0 unspecified atom stereocenters. The monoisotopic (exact) mass is 408 g/mol. The number of benzene rings is 3. The summed E-state index contributed by atoms with van der Waals surface area (Å²) in [5, 5.41) is 4.86. The number of nitrogens with one attached hydrogen (secondary N) is 1. The number of nitrogens with zero attached hydrogens (tertiary/aromatic N) is 2. The summed E-state index contributed by atoms with van der Waals surface area (Å²) in [5.74, 6) is 0. The first-order valence-electron chi connectivity index (χ1n) is 9.35. The van der Waals surface area contributed by atoms with Crippen molar-refractivity contribution < 1.29 is 12.5 Å². The molecule has 0 heterocycles. The zero-order valence-electron chi connectivity index (χ0n) is 16.7. The first kappa shape index (κ1) is 20.8. The van der Waals surface area contributed by atoms with Gasteiger partial charge in [0.1, 0.15) is 4.90 Å². The molecular formula is C23H26N3O2S+. The summed E-state index contributed by atoms with van der Waals surface area (Å²) in [6, 6.07) is 25.2. The molecule has 0 bridgehead atoms. The van der Waals surface area contributed by atoms with Crippen molar-refractivity contribution >= 4 is 16.7 Å². The molecule has 6 heteroatoms. The third-order valence-corrected chi connectivity index (χ3v) is 6.45. The van der Waals surface area contributed by atoms with Crippen LogP contribution in [-0.2, 0) is 23.1 Å². The summed E-state index contributed by atoms with van der Waals surface area (Å²) in [6.45, 7) is 5.19. The topological polar surface area (TPSA) is 52.4 Å². The first-order valence-corrected chi connectivity index (χ1v) is 10.8. The van der Waals surface area contributed by atoms with E-state index in [4.69, 9.17) is 0 Å². The molecule has 0 amide bonds. The van der Waals surface area contributed by atoms with Gasteiger partial charge in [-0.05, 0) is 26.8 Å². The molecular weight excluding hydrogens is 382 g/mol. The zero-order valence-corrected chi connectivity index (χ0v) is 17.6. The van der Waals surface area contributed by atoms with Crippen LogP contribution in [0.2, 0.25) is 0 Å². The number of hydrazone groups is 1. The maximum atomic E-state index is 12.9. The van der Waals surface area contributed by atoms with E-state index in [1.54, 1.807) is 26.2 Å². The van der Waals surface area contributed by atoms with Crippen LogP contribution in [0, 0.1) is 0 Å². The van der Waals surface area contributed by atoms with E-state index < -0.39 is 10.0 Å². The van der Waals surface area contributed by atoms with E-state index in [1.807, 2.05) is 54.6 Å². The van der Waals surface area contributed by atoms with Crippen molar-refractivity contribution in [3.63, 3.8) is 0 Å². The van der Waals surface area contributed by atoms with Gasteiger partial charge in [0.15, 0.2) is 6.72 Å². The highest BCUT2D eigenvalue weighted by Gasteiger charge is 2.30. The third kappa shape index (κ3) is 4.91. The maximum Gasteiger partial charge on any atom is 0.420 e.